The van der Waals surface area contributed by atoms with Gasteiger partial charge in [0.05, 0.1) is 17.1 Å². The molecule has 0 unspecified atom stereocenters. The van der Waals surface area contributed by atoms with Crippen LogP contribution < -0.4 is 15.1 Å². The van der Waals surface area contributed by atoms with E-state index in [1.54, 1.807) is 30.3 Å². The molecule has 0 bridgehead atoms. The van der Waals surface area contributed by atoms with Crippen molar-refractivity contribution in [3.63, 3.8) is 0 Å². The molecule has 0 saturated carbocycles. The summed E-state index contributed by atoms with van der Waals surface area (Å²) in [6, 6.07) is 12.6. The molecule has 2 aromatic carbocycles. The predicted molar refractivity (Wildman–Crippen MR) is 129 cm³/mol. The van der Waals surface area contributed by atoms with Gasteiger partial charge in [-0.05, 0) is 42.8 Å². The average Bonchev–Trinajstić information content (AvgIpc) is 3.20. The SMILES string of the molecule is O=C(NCCCS(=O)(=O)N1CCN(c2ccccc2F)CC1)c1ccc(N2C(=O)CCC2=O)cc1. The first kappa shape index (κ1) is 24.8. The zero-order chi connectivity index (χ0) is 25.0. The third kappa shape index (κ3) is 5.68. The highest BCUT2D eigenvalue weighted by atomic mass is 32.2. The second kappa shape index (κ2) is 10.5. The van der Waals surface area contributed by atoms with E-state index in [4.69, 9.17) is 0 Å². The lowest BCUT2D eigenvalue weighted by atomic mass is 10.2. The van der Waals surface area contributed by atoms with E-state index in [9.17, 15) is 27.2 Å². The van der Waals surface area contributed by atoms with Gasteiger partial charge in [0.25, 0.3) is 5.91 Å². The van der Waals surface area contributed by atoms with Crippen molar-refractivity contribution >= 4 is 39.1 Å². The van der Waals surface area contributed by atoms with E-state index in [2.05, 4.69) is 5.32 Å². The number of nitrogens with zero attached hydrogens (tertiary/aromatic N) is 3. The molecule has 186 valence electrons. The molecule has 0 spiro atoms. The molecule has 0 aliphatic carbocycles. The topological polar surface area (TPSA) is 107 Å². The molecule has 0 radical (unpaired) electrons. The van der Waals surface area contributed by atoms with Gasteiger partial charge in [0, 0.05) is 51.1 Å². The molecule has 0 aromatic heterocycles. The molecule has 4 rings (SSSR count). The van der Waals surface area contributed by atoms with Crippen molar-refractivity contribution in [2.45, 2.75) is 19.3 Å². The molecule has 2 aromatic rings. The normalized spacial score (nSPS) is 17.2. The number of nitrogens with one attached hydrogen (secondary N) is 1. The van der Waals surface area contributed by atoms with Gasteiger partial charge >= 0.3 is 0 Å². The largest absolute Gasteiger partial charge is 0.367 e. The summed E-state index contributed by atoms with van der Waals surface area (Å²) >= 11 is 0. The van der Waals surface area contributed by atoms with Crippen LogP contribution >= 0.6 is 0 Å². The number of hydrogen-bond acceptors (Lipinski definition) is 6. The van der Waals surface area contributed by atoms with Crippen molar-refractivity contribution < 1.29 is 27.2 Å². The van der Waals surface area contributed by atoms with Crippen LogP contribution in [-0.2, 0) is 19.6 Å². The number of anilines is 2. The Hall–Kier alpha value is -3.31. The van der Waals surface area contributed by atoms with Crippen molar-refractivity contribution in [1.82, 2.24) is 9.62 Å². The van der Waals surface area contributed by atoms with E-state index in [1.165, 1.54) is 22.5 Å². The fraction of sp³-hybridized carbons (Fsp3) is 0.375. The molecule has 35 heavy (non-hydrogen) atoms. The lowest BCUT2D eigenvalue weighted by Crippen LogP contribution is -2.49. The molecule has 3 amide bonds. The van der Waals surface area contributed by atoms with Gasteiger partial charge in [-0.25, -0.2) is 12.8 Å². The zero-order valence-electron chi connectivity index (χ0n) is 19.2. The van der Waals surface area contributed by atoms with Gasteiger partial charge in [0.15, 0.2) is 0 Å². The fourth-order valence-corrected chi connectivity index (χ4v) is 5.72. The van der Waals surface area contributed by atoms with Crippen LogP contribution in [0.5, 0.6) is 0 Å². The van der Waals surface area contributed by atoms with Crippen LogP contribution in [0, 0.1) is 5.82 Å². The summed E-state index contributed by atoms with van der Waals surface area (Å²) in [5, 5.41) is 2.70. The molecule has 2 aliphatic heterocycles. The number of amides is 3. The first-order valence-electron chi connectivity index (χ1n) is 11.5. The Morgan fingerprint density at radius 1 is 0.914 bits per heavy atom. The van der Waals surface area contributed by atoms with Crippen molar-refractivity contribution in [3.8, 4) is 0 Å². The Labute approximate surface area is 203 Å². The second-order valence-electron chi connectivity index (χ2n) is 8.43. The van der Waals surface area contributed by atoms with Crippen LogP contribution in [0.1, 0.15) is 29.6 Å². The van der Waals surface area contributed by atoms with Crippen LogP contribution in [-0.4, -0.2) is 68.9 Å². The highest BCUT2D eigenvalue weighted by Gasteiger charge is 2.30. The summed E-state index contributed by atoms with van der Waals surface area (Å²) in [5.74, 6) is -1.33. The highest BCUT2D eigenvalue weighted by molar-refractivity contribution is 7.89. The monoisotopic (exact) mass is 502 g/mol. The fourth-order valence-electron chi connectivity index (χ4n) is 4.23. The van der Waals surface area contributed by atoms with E-state index in [-0.39, 0.29) is 68.2 Å². The minimum Gasteiger partial charge on any atom is -0.367 e. The van der Waals surface area contributed by atoms with Gasteiger partial charge in [0.1, 0.15) is 5.82 Å². The molecule has 0 atom stereocenters. The van der Waals surface area contributed by atoms with E-state index >= 15 is 0 Å². The maximum Gasteiger partial charge on any atom is 0.251 e. The highest BCUT2D eigenvalue weighted by Crippen LogP contribution is 2.23. The molecular formula is C24H27FN4O5S. The lowest BCUT2D eigenvalue weighted by molar-refractivity contribution is -0.121. The Morgan fingerprint density at radius 3 is 2.17 bits per heavy atom. The minimum atomic E-state index is -3.49. The Morgan fingerprint density at radius 2 is 1.54 bits per heavy atom. The second-order valence-corrected chi connectivity index (χ2v) is 10.5. The summed E-state index contributed by atoms with van der Waals surface area (Å²) in [7, 11) is -3.49. The van der Waals surface area contributed by atoms with Crippen LogP contribution in [0.25, 0.3) is 0 Å². The Balaban J connectivity index is 1.22. The smallest absolute Gasteiger partial charge is 0.251 e. The molecule has 2 fully saturated rings. The van der Waals surface area contributed by atoms with Crippen LogP contribution in [0.3, 0.4) is 0 Å². The third-order valence-corrected chi connectivity index (χ3v) is 8.09. The predicted octanol–water partition coefficient (Wildman–Crippen LogP) is 1.75. The standard InChI is InChI=1S/C24H27FN4O5S/c25-20-4-1-2-5-21(20)27-13-15-28(16-14-27)35(33,34)17-3-12-26-24(32)18-6-8-19(9-7-18)29-22(30)10-11-23(29)31/h1-2,4-9H,3,10-17H2,(H,26,32). The number of rotatable bonds is 8. The number of imide groups is 1. The number of carbonyl (C=O) groups excluding carboxylic acids is 3. The summed E-state index contributed by atoms with van der Waals surface area (Å²) in [6.07, 6.45) is 0.618. The lowest BCUT2D eigenvalue weighted by Gasteiger charge is -2.35. The van der Waals surface area contributed by atoms with Gasteiger partial charge in [0.2, 0.25) is 21.8 Å². The quantitative estimate of drug-likeness (QED) is 0.435. The molecule has 2 aliphatic rings. The summed E-state index contributed by atoms with van der Waals surface area (Å²) in [4.78, 5) is 39.0. The molecular weight excluding hydrogens is 475 g/mol. The molecule has 11 heteroatoms. The average molecular weight is 503 g/mol. The number of benzene rings is 2. The minimum absolute atomic E-state index is 0.106. The number of sulfonamides is 1. The third-order valence-electron chi connectivity index (χ3n) is 6.13. The summed E-state index contributed by atoms with van der Waals surface area (Å²) in [5.41, 5.74) is 1.24. The van der Waals surface area contributed by atoms with E-state index < -0.39 is 10.0 Å². The van der Waals surface area contributed by atoms with Gasteiger partial charge in [-0.2, -0.15) is 4.31 Å². The summed E-state index contributed by atoms with van der Waals surface area (Å²) < 4.78 is 40.8. The van der Waals surface area contributed by atoms with Crippen LogP contribution in [0.4, 0.5) is 15.8 Å². The van der Waals surface area contributed by atoms with E-state index in [0.29, 0.717) is 30.0 Å². The van der Waals surface area contributed by atoms with Gasteiger partial charge in [-0.1, -0.05) is 12.1 Å². The van der Waals surface area contributed by atoms with Gasteiger partial charge in [-0.3, -0.25) is 19.3 Å². The Bertz CT molecular complexity index is 1190. The van der Waals surface area contributed by atoms with Crippen molar-refractivity contribution in [1.29, 1.82) is 0 Å². The van der Waals surface area contributed by atoms with Crippen LogP contribution in [0.2, 0.25) is 0 Å². The number of para-hydroxylation sites is 1. The van der Waals surface area contributed by atoms with Crippen LogP contribution in [0.15, 0.2) is 48.5 Å². The Kier molecular flexibility index (Phi) is 7.46. The molecule has 2 saturated heterocycles. The van der Waals surface area contributed by atoms with E-state index in [1.807, 2.05) is 4.90 Å². The number of carbonyl (C=O) groups is 3. The van der Waals surface area contributed by atoms with Crippen molar-refractivity contribution in [3.05, 3.63) is 59.9 Å². The summed E-state index contributed by atoms with van der Waals surface area (Å²) in [6.45, 7) is 1.54. The van der Waals surface area contributed by atoms with Gasteiger partial charge in [-0.15, -0.1) is 0 Å². The van der Waals surface area contributed by atoms with Gasteiger partial charge < -0.3 is 10.2 Å². The van der Waals surface area contributed by atoms with Crippen molar-refractivity contribution in [2.24, 2.45) is 0 Å². The number of hydrogen-bond donors (Lipinski definition) is 1. The van der Waals surface area contributed by atoms with E-state index in [0.717, 1.165) is 4.90 Å². The van der Waals surface area contributed by atoms with Crippen molar-refractivity contribution in [2.75, 3.05) is 48.3 Å². The maximum atomic E-state index is 14.0. The number of piperazine rings is 1. The number of halogens is 1. The first-order valence-corrected chi connectivity index (χ1v) is 13.1. The molecule has 1 N–H and O–H groups in total. The zero-order valence-corrected chi connectivity index (χ0v) is 20.0. The molecule has 9 nitrogen and oxygen atoms in total. The first-order chi connectivity index (χ1) is 16.8. The maximum absolute atomic E-state index is 14.0. The molecule has 2 heterocycles.